The standard InChI is InChI=1S/C10H20N2/c11-6-9-12-7-1-2-10(3-4-10)5-8-12/h1-9,11H2. The lowest BCUT2D eigenvalue weighted by molar-refractivity contribution is 0.286. The Morgan fingerprint density at radius 3 is 2.58 bits per heavy atom. The summed E-state index contributed by atoms with van der Waals surface area (Å²) in [6.07, 6.45) is 7.33. The maximum atomic E-state index is 5.55. The molecule has 1 heterocycles. The number of likely N-dealkylation sites (tertiary alicyclic amines) is 1. The van der Waals surface area contributed by atoms with Crippen LogP contribution in [0.5, 0.6) is 0 Å². The van der Waals surface area contributed by atoms with Gasteiger partial charge in [0.25, 0.3) is 0 Å². The highest BCUT2D eigenvalue weighted by Gasteiger charge is 2.42. The van der Waals surface area contributed by atoms with Crippen molar-refractivity contribution >= 4 is 0 Å². The molecule has 70 valence electrons. The van der Waals surface area contributed by atoms with Crippen molar-refractivity contribution < 1.29 is 0 Å². The van der Waals surface area contributed by atoms with Crippen molar-refractivity contribution in [3.63, 3.8) is 0 Å². The van der Waals surface area contributed by atoms with E-state index in [4.69, 9.17) is 5.73 Å². The Labute approximate surface area is 75.1 Å². The predicted molar refractivity (Wildman–Crippen MR) is 51.0 cm³/mol. The van der Waals surface area contributed by atoms with Gasteiger partial charge >= 0.3 is 0 Å². The molecule has 1 aliphatic heterocycles. The van der Waals surface area contributed by atoms with Gasteiger partial charge < -0.3 is 10.6 Å². The van der Waals surface area contributed by atoms with Crippen molar-refractivity contribution in [2.45, 2.75) is 32.1 Å². The summed E-state index contributed by atoms with van der Waals surface area (Å²) >= 11 is 0. The first-order valence-electron chi connectivity index (χ1n) is 5.27. The molecule has 2 N–H and O–H groups in total. The second-order valence-corrected chi connectivity index (χ2v) is 4.48. The third-order valence-corrected chi connectivity index (χ3v) is 3.54. The van der Waals surface area contributed by atoms with Gasteiger partial charge in [-0.15, -0.1) is 0 Å². The topological polar surface area (TPSA) is 29.3 Å². The van der Waals surface area contributed by atoms with E-state index >= 15 is 0 Å². The zero-order chi connectivity index (χ0) is 8.44. The number of nitrogens with two attached hydrogens (primary N) is 1. The summed E-state index contributed by atoms with van der Waals surface area (Å²) in [5.41, 5.74) is 6.36. The van der Waals surface area contributed by atoms with Gasteiger partial charge in [0.15, 0.2) is 0 Å². The summed E-state index contributed by atoms with van der Waals surface area (Å²) in [6, 6.07) is 0. The second-order valence-electron chi connectivity index (χ2n) is 4.48. The Morgan fingerprint density at radius 2 is 1.92 bits per heavy atom. The number of nitrogens with zero attached hydrogens (tertiary/aromatic N) is 1. The highest BCUT2D eigenvalue weighted by molar-refractivity contribution is 4.94. The number of rotatable bonds is 2. The van der Waals surface area contributed by atoms with Gasteiger partial charge in [0, 0.05) is 13.1 Å². The van der Waals surface area contributed by atoms with Crippen molar-refractivity contribution in [3.05, 3.63) is 0 Å². The van der Waals surface area contributed by atoms with Crippen molar-refractivity contribution in [1.29, 1.82) is 0 Å². The van der Waals surface area contributed by atoms with E-state index in [1.807, 2.05) is 0 Å². The molecule has 1 saturated heterocycles. The van der Waals surface area contributed by atoms with Gasteiger partial charge in [-0.2, -0.15) is 0 Å². The molecule has 2 aliphatic rings. The first-order valence-corrected chi connectivity index (χ1v) is 5.27. The molecule has 1 saturated carbocycles. The summed E-state index contributed by atoms with van der Waals surface area (Å²) < 4.78 is 0. The maximum Gasteiger partial charge on any atom is 0.0105 e. The van der Waals surface area contributed by atoms with Crippen LogP contribution in [0.15, 0.2) is 0 Å². The Balaban J connectivity index is 1.81. The molecule has 0 amide bonds. The van der Waals surface area contributed by atoms with Gasteiger partial charge in [0.05, 0.1) is 0 Å². The van der Waals surface area contributed by atoms with E-state index in [1.54, 1.807) is 0 Å². The smallest absolute Gasteiger partial charge is 0.0105 e. The third-order valence-electron chi connectivity index (χ3n) is 3.54. The van der Waals surface area contributed by atoms with Crippen LogP contribution in [0.2, 0.25) is 0 Å². The minimum Gasteiger partial charge on any atom is -0.329 e. The zero-order valence-electron chi connectivity index (χ0n) is 7.89. The molecule has 1 aliphatic carbocycles. The largest absolute Gasteiger partial charge is 0.329 e. The van der Waals surface area contributed by atoms with E-state index < -0.39 is 0 Å². The quantitative estimate of drug-likeness (QED) is 0.671. The molecule has 0 unspecified atom stereocenters. The number of hydrogen-bond acceptors (Lipinski definition) is 2. The van der Waals surface area contributed by atoms with Crippen LogP contribution in [-0.4, -0.2) is 31.1 Å². The summed E-state index contributed by atoms with van der Waals surface area (Å²) in [4.78, 5) is 2.53. The van der Waals surface area contributed by atoms with Crippen LogP contribution < -0.4 is 5.73 Å². The lowest BCUT2D eigenvalue weighted by atomic mass is 9.98. The minimum atomic E-state index is 0.809. The molecule has 12 heavy (non-hydrogen) atoms. The van der Waals surface area contributed by atoms with Crippen LogP contribution in [0.25, 0.3) is 0 Å². The highest BCUT2D eigenvalue weighted by Crippen LogP contribution is 2.53. The van der Waals surface area contributed by atoms with E-state index in [0.717, 1.165) is 18.5 Å². The maximum absolute atomic E-state index is 5.55. The Morgan fingerprint density at radius 1 is 1.08 bits per heavy atom. The van der Waals surface area contributed by atoms with E-state index in [0.29, 0.717) is 0 Å². The van der Waals surface area contributed by atoms with Gasteiger partial charge in [0.1, 0.15) is 0 Å². The molecule has 0 aromatic carbocycles. The summed E-state index contributed by atoms with van der Waals surface area (Å²) in [5.74, 6) is 0. The first-order chi connectivity index (χ1) is 5.85. The fourth-order valence-electron chi connectivity index (χ4n) is 2.39. The van der Waals surface area contributed by atoms with Crippen molar-refractivity contribution in [3.8, 4) is 0 Å². The monoisotopic (exact) mass is 168 g/mol. The molecule has 0 aromatic heterocycles. The Hall–Kier alpha value is -0.0800. The lowest BCUT2D eigenvalue weighted by Gasteiger charge is -2.18. The average molecular weight is 168 g/mol. The molecule has 2 nitrogen and oxygen atoms in total. The second kappa shape index (κ2) is 3.35. The molecule has 0 atom stereocenters. The van der Waals surface area contributed by atoms with Crippen molar-refractivity contribution in [2.75, 3.05) is 26.2 Å². The van der Waals surface area contributed by atoms with Crippen LogP contribution in [-0.2, 0) is 0 Å². The predicted octanol–water partition coefficient (Wildman–Crippen LogP) is 1.21. The van der Waals surface area contributed by atoms with Crippen LogP contribution in [0, 0.1) is 5.41 Å². The van der Waals surface area contributed by atoms with Crippen LogP contribution in [0.4, 0.5) is 0 Å². The third kappa shape index (κ3) is 1.80. The molecule has 2 rings (SSSR count). The molecule has 0 bridgehead atoms. The normalized spacial score (nSPS) is 28.8. The highest BCUT2D eigenvalue weighted by atomic mass is 15.1. The average Bonchev–Trinajstić information content (AvgIpc) is 2.84. The summed E-state index contributed by atoms with van der Waals surface area (Å²) in [6.45, 7) is 4.53. The summed E-state index contributed by atoms with van der Waals surface area (Å²) in [7, 11) is 0. The van der Waals surface area contributed by atoms with E-state index in [9.17, 15) is 0 Å². The fourth-order valence-corrected chi connectivity index (χ4v) is 2.39. The first kappa shape index (κ1) is 8.52. The zero-order valence-corrected chi connectivity index (χ0v) is 7.89. The van der Waals surface area contributed by atoms with Gasteiger partial charge in [-0.05, 0) is 50.6 Å². The lowest BCUT2D eigenvalue weighted by Crippen LogP contribution is -2.30. The van der Waals surface area contributed by atoms with E-state index in [1.165, 1.54) is 45.2 Å². The summed E-state index contributed by atoms with van der Waals surface area (Å²) in [5, 5.41) is 0. The van der Waals surface area contributed by atoms with Crippen LogP contribution in [0.3, 0.4) is 0 Å². The van der Waals surface area contributed by atoms with E-state index in [2.05, 4.69) is 4.90 Å². The van der Waals surface area contributed by atoms with Crippen molar-refractivity contribution in [1.82, 2.24) is 4.90 Å². The molecular formula is C10H20N2. The van der Waals surface area contributed by atoms with Crippen molar-refractivity contribution in [2.24, 2.45) is 11.1 Å². The van der Waals surface area contributed by atoms with Crippen LogP contribution in [0.1, 0.15) is 32.1 Å². The fraction of sp³-hybridized carbons (Fsp3) is 1.00. The van der Waals surface area contributed by atoms with Gasteiger partial charge in [-0.1, -0.05) is 0 Å². The SMILES string of the molecule is NCCN1CCCC2(CC1)CC2. The molecular weight excluding hydrogens is 148 g/mol. The Kier molecular flexibility index (Phi) is 2.37. The molecule has 0 radical (unpaired) electrons. The van der Waals surface area contributed by atoms with Gasteiger partial charge in [0.2, 0.25) is 0 Å². The van der Waals surface area contributed by atoms with Crippen LogP contribution >= 0.6 is 0 Å². The van der Waals surface area contributed by atoms with E-state index in [-0.39, 0.29) is 0 Å². The minimum absolute atomic E-state index is 0.809. The van der Waals surface area contributed by atoms with Gasteiger partial charge in [-0.3, -0.25) is 0 Å². The van der Waals surface area contributed by atoms with Gasteiger partial charge in [-0.25, -0.2) is 0 Å². The molecule has 0 aromatic rings. The number of hydrogen-bond donors (Lipinski definition) is 1. The Bertz CT molecular complexity index is 152. The molecule has 1 spiro atoms. The molecule has 2 fully saturated rings. The molecule has 2 heteroatoms.